The second kappa shape index (κ2) is 1.93. The van der Waals surface area contributed by atoms with Gasteiger partial charge in [0.2, 0.25) is 0 Å². The molecule has 0 aromatic carbocycles. The summed E-state index contributed by atoms with van der Waals surface area (Å²) >= 11 is -4.49. The summed E-state index contributed by atoms with van der Waals surface area (Å²) < 4.78 is 0. The summed E-state index contributed by atoms with van der Waals surface area (Å²) in [5.74, 6) is 0. The Kier molecular flexibility index (Phi) is 2.67. The Balaban J connectivity index is 3.73. The molecule has 0 saturated heterocycles. The van der Waals surface area contributed by atoms with Gasteiger partial charge in [0.25, 0.3) is 0 Å². The molecule has 0 amide bonds. The molecule has 0 unspecified atom stereocenters. The zero-order valence-electron chi connectivity index (χ0n) is 2.39. The summed E-state index contributed by atoms with van der Waals surface area (Å²) in [4.78, 5) is 0. The van der Waals surface area contributed by atoms with Crippen molar-refractivity contribution >= 4 is 42.9 Å². The number of halogens is 5. The molecule has 0 aromatic rings. The first kappa shape index (κ1) is 8.32. The van der Waals surface area contributed by atoms with Crippen LogP contribution in [0.25, 0.3) is 0 Å². The van der Waals surface area contributed by atoms with Gasteiger partial charge < -0.3 is 0 Å². The molecule has 0 radical (unpaired) electrons. The molecular weight excluding hydrogens is 356 g/mol. The molecule has 0 nitrogen and oxygen atoms in total. The number of hydrogen-bond donors (Lipinski definition) is 0. The van der Waals surface area contributed by atoms with E-state index in [4.69, 9.17) is 42.9 Å². The van der Waals surface area contributed by atoms with Crippen molar-refractivity contribution in [2.75, 3.05) is 0 Å². The molecule has 0 fully saturated rings. The predicted octanol–water partition coefficient (Wildman–Crippen LogP) is 3.44. The minimum absolute atomic E-state index is 4.49. The monoisotopic (exact) mass is 355 g/mol. The molecule has 0 aliphatic rings. The summed E-state index contributed by atoms with van der Waals surface area (Å²) in [5, 5.41) is 0. The molecular formula is Cl5Hf. The van der Waals surface area contributed by atoms with Crippen molar-refractivity contribution in [1.29, 1.82) is 0 Å². The van der Waals surface area contributed by atoms with E-state index in [2.05, 4.69) is 0 Å². The van der Waals surface area contributed by atoms with Crippen molar-refractivity contribution in [1.82, 2.24) is 0 Å². The van der Waals surface area contributed by atoms with Crippen molar-refractivity contribution in [3.05, 3.63) is 0 Å². The maximum atomic E-state index is 5.07. The molecule has 0 rings (SSSR count). The van der Waals surface area contributed by atoms with E-state index in [9.17, 15) is 0 Å². The molecule has 0 bridgehead atoms. The molecule has 39 valence electrons. The van der Waals surface area contributed by atoms with E-state index in [0.29, 0.717) is 0 Å². The topological polar surface area (TPSA) is 0 Å². The van der Waals surface area contributed by atoms with Crippen LogP contribution in [0.1, 0.15) is 0 Å². The fraction of sp³-hybridized carbons (Fsp3) is 0. The normalized spacial score (nSPS) is 19.2. The fourth-order valence-corrected chi connectivity index (χ4v) is 0. The first-order valence-electron chi connectivity index (χ1n) is 0.945. The van der Waals surface area contributed by atoms with E-state index in [1.807, 2.05) is 0 Å². The SMILES string of the molecule is [Cl][Hf]([Cl])([Cl])([Cl])[Cl]. The Labute approximate surface area is 54.6 Å². The summed E-state index contributed by atoms with van der Waals surface area (Å²) in [5.41, 5.74) is 0. The minimum atomic E-state index is -4.49. The van der Waals surface area contributed by atoms with Crippen LogP contribution in [0.3, 0.4) is 0 Å². The van der Waals surface area contributed by atoms with Gasteiger partial charge in [-0.15, -0.1) is 0 Å². The van der Waals surface area contributed by atoms with Gasteiger partial charge in [-0.1, -0.05) is 0 Å². The molecule has 0 aliphatic heterocycles. The standard InChI is InChI=1S/5ClH.Hf/h5*1H;/q;;;;;+5/p-5. The van der Waals surface area contributed by atoms with Crippen LogP contribution in [0.4, 0.5) is 0 Å². The van der Waals surface area contributed by atoms with Gasteiger partial charge >= 0.3 is 55.5 Å². The third-order valence-corrected chi connectivity index (χ3v) is 0. The van der Waals surface area contributed by atoms with Crippen LogP contribution in [0.2, 0.25) is 0 Å². The maximum absolute atomic E-state index is 5.07. The van der Waals surface area contributed by atoms with Crippen LogP contribution in [0.15, 0.2) is 0 Å². The average molecular weight is 356 g/mol. The number of rotatable bonds is 0. The Morgan fingerprint density at radius 1 is 0.667 bits per heavy atom. The third kappa shape index (κ3) is 33.2. The zero-order chi connectivity index (χ0) is 5.45. The van der Waals surface area contributed by atoms with E-state index in [0.717, 1.165) is 0 Å². The van der Waals surface area contributed by atoms with Gasteiger partial charge in [-0.2, -0.15) is 0 Å². The van der Waals surface area contributed by atoms with Crippen molar-refractivity contribution in [3.8, 4) is 0 Å². The molecule has 0 aromatic heterocycles. The molecule has 0 aliphatic carbocycles. The first-order valence-corrected chi connectivity index (χ1v) is 23.2. The molecule has 0 saturated carbocycles. The van der Waals surface area contributed by atoms with Crippen molar-refractivity contribution < 1.29 is 12.6 Å². The van der Waals surface area contributed by atoms with Gasteiger partial charge in [-0.3, -0.25) is 0 Å². The Morgan fingerprint density at radius 2 is 0.667 bits per heavy atom. The van der Waals surface area contributed by atoms with E-state index in [1.165, 1.54) is 0 Å². The van der Waals surface area contributed by atoms with E-state index < -0.39 is 12.6 Å². The van der Waals surface area contributed by atoms with Gasteiger partial charge in [0, 0.05) is 0 Å². The molecule has 0 atom stereocenters. The molecule has 6 heteroatoms. The van der Waals surface area contributed by atoms with Gasteiger partial charge in [-0.25, -0.2) is 0 Å². The average Bonchev–Trinajstić information content (AvgIpc) is 0.650. The van der Waals surface area contributed by atoms with Crippen molar-refractivity contribution in [2.45, 2.75) is 0 Å². The van der Waals surface area contributed by atoms with Crippen molar-refractivity contribution in [2.24, 2.45) is 0 Å². The molecule has 0 heterocycles. The van der Waals surface area contributed by atoms with E-state index in [-0.39, 0.29) is 0 Å². The van der Waals surface area contributed by atoms with Crippen LogP contribution < -0.4 is 0 Å². The Hall–Kier alpha value is 2.32. The predicted molar refractivity (Wildman–Crippen MR) is 29.3 cm³/mol. The van der Waals surface area contributed by atoms with Crippen molar-refractivity contribution in [3.63, 3.8) is 0 Å². The van der Waals surface area contributed by atoms with Gasteiger partial charge in [0.15, 0.2) is 0 Å². The molecule has 0 spiro atoms. The van der Waals surface area contributed by atoms with Gasteiger partial charge in [-0.05, 0) is 0 Å². The fourth-order valence-electron chi connectivity index (χ4n) is 0. The quantitative estimate of drug-likeness (QED) is 0.584. The third-order valence-electron chi connectivity index (χ3n) is 0. The van der Waals surface area contributed by atoms with Crippen LogP contribution in [0.5, 0.6) is 0 Å². The van der Waals surface area contributed by atoms with Gasteiger partial charge in [0.05, 0.1) is 0 Å². The first-order chi connectivity index (χ1) is 2.24. The summed E-state index contributed by atoms with van der Waals surface area (Å²) in [6.07, 6.45) is 0. The van der Waals surface area contributed by atoms with Crippen LogP contribution in [-0.4, -0.2) is 0 Å². The molecule has 6 heavy (non-hydrogen) atoms. The van der Waals surface area contributed by atoms with Gasteiger partial charge in [0.1, 0.15) is 0 Å². The van der Waals surface area contributed by atoms with Crippen LogP contribution >= 0.6 is 42.9 Å². The summed E-state index contributed by atoms with van der Waals surface area (Å²) in [6.45, 7) is 0. The second-order valence-electron chi connectivity index (χ2n) is 0.714. The van der Waals surface area contributed by atoms with Crippen LogP contribution in [-0.2, 0) is 12.6 Å². The summed E-state index contributed by atoms with van der Waals surface area (Å²) in [6, 6.07) is 0. The van der Waals surface area contributed by atoms with E-state index in [1.54, 1.807) is 0 Å². The Bertz CT molecular complexity index is 37.1. The second-order valence-corrected chi connectivity index (χ2v) is 52.6. The molecule has 0 N–H and O–H groups in total. The summed E-state index contributed by atoms with van der Waals surface area (Å²) in [7, 11) is 25.3. The number of hydrogen-bond acceptors (Lipinski definition) is 0. The zero-order valence-corrected chi connectivity index (χ0v) is 9.76. The Morgan fingerprint density at radius 3 is 0.667 bits per heavy atom. The van der Waals surface area contributed by atoms with Crippen LogP contribution in [0, 0.1) is 0 Å². The van der Waals surface area contributed by atoms with E-state index >= 15 is 0 Å².